The van der Waals surface area contributed by atoms with Gasteiger partial charge in [0.25, 0.3) is 0 Å². The maximum atomic E-state index is 15.1. The first-order valence-corrected chi connectivity index (χ1v) is 13.2. The van der Waals surface area contributed by atoms with E-state index < -0.39 is 17.8 Å². The average molecular weight is 534 g/mol. The maximum absolute atomic E-state index is 15.1. The van der Waals surface area contributed by atoms with Crippen molar-refractivity contribution in [3.05, 3.63) is 83.4 Å². The molecule has 39 heavy (non-hydrogen) atoms. The molecule has 2 N–H and O–H groups in total. The molecule has 1 atom stereocenters. The Morgan fingerprint density at radius 3 is 2.36 bits per heavy atom. The summed E-state index contributed by atoms with van der Waals surface area (Å²) in [6.45, 7) is 7.55. The van der Waals surface area contributed by atoms with E-state index in [1.807, 2.05) is 17.0 Å². The Morgan fingerprint density at radius 2 is 1.72 bits per heavy atom. The van der Waals surface area contributed by atoms with Crippen LogP contribution in [0.25, 0.3) is 0 Å². The quantitative estimate of drug-likeness (QED) is 0.371. The number of amidine groups is 1. The van der Waals surface area contributed by atoms with Gasteiger partial charge in [0.15, 0.2) is 0 Å². The number of phenolic OH excluding ortho intramolecular Hbond substituents is 1. The zero-order chi connectivity index (χ0) is 27.9. The van der Waals surface area contributed by atoms with Crippen LogP contribution in [0.2, 0.25) is 0 Å². The Bertz CT molecular complexity index is 1410. The molecule has 0 spiro atoms. The minimum atomic E-state index is -1.03. The number of aliphatic imine (C=N–C) groups is 1. The first kappa shape index (κ1) is 26.7. The number of carboxylic acid groups (broad SMARTS) is 1. The van der Waals surface area contributed by atoms with Crippen LogP contribution in [0.15, 0.2) is 65.7 Å². The predicted octanol–water partition coefficient (Wildman–Crippen LogP) is 6.95. The number of carbonyl (C=O) groups is 1. The van der Waals surface area contributed by atoms with Crippen molar-refractivity contribution in [1.82, 2.24) is 0 Å². The first-order chi connectivity index (χ1) is 18.5. The molecule has 1 saturated heterocycles. The Hall–Kier alpha value is -3.94. The van der Waals surface area contributed by atoms with Crippen LogP contribution in [0.4, 0.5) is 25.8 Å². The highest BCUT2D eigenvalue weighted by Gasteiger charge is 2.39. The molecular formula is C31H33F2N3O3. The number of hydrogen-bond acceptors (Lipinski definition) is 5. The number of benzene rings is 3. The fraction of sp³-hybridized carbons (Fsp3) is 0.355. The van der Waals surface area contributed by atoms with Crippen molar-refractivity contribution in [2.75, 3.05) is 22.9 Å². The first-order valence-electron chi connectivity index (χ1n) is 13.2. The number of para-hydroxylation sites is 1. The van der Waals surface area contributed by atoms with E-state index in [9.17, 15) is 19.4 Å². The van der Waals surface area contributed by atoms with Crippen LogP contribution in [0, 0.1) is 17.6 Å². The lowest BCUT2D eigenvalue weighted by Crippen LogP contribution is -2.46. The summed E-state index contributed by atoms with van der Waals surface area (Å²) in [5, 5.41) is 21.0. The van der Waals surface area contributed by atoms with Gasteiger partial charge in [0.05, 0.1) is 18.2 Å². The van der Waals surface area contributed by atoms with Crippen molar-refractivity contribution in [2.45, 2.75) is 51.5 Å². The highest BCUT2D eigenvalue weighted by molar-refractivity contribution is 6.05. The standard InChI is InChI=1S/C31H33F2N3O3/c1-31(2,3)20-7-12-27(37)26(17-20)36-25(18-28(38)39)23-5-4-6-24(33)29(23)34-30(36)19-13-15-35(16-14-19)22-10-8-21(32)9-11-22/h4-12,17,19,25,37H,13-16,18H2,1-3H3,(H,38,39). The van der Waals surface area contributed by atoms with Gasteiger partial charge in [0, 0.05) is 30.3 Å². The fourth-order valence-electron chi connectivity index (χ4n) is 5.56. The molecule has 8 heteroatoms. The molecule has 204 valence electrons. The van der Waals surface area contributed by atoms with Gasteiger partial charge >= 0.3 is 5.97 Å². The summed E-state index contributed by atoms with van der Waals surface area (Å²) in [5.74, 6) is -1.36. The summed E-state index contributed by atoms with van der Waals surface area (Å²) in [6.07, 6.45) is 1.06. The molecule has 6 nitrogen and oxygen atoms in total. The lowest BCUT2D eigenvalue weighted by Gasteiger charge is -2.43. The molecule has 0 bridgehead atoms. The van der Waals surface area contributed by atoms with Gasteiger partial charge in [-0.25, -0.2) is 13.8 Å². The number of aromatic hydroxyl groups is 1. The average Bonchev–Trinajstić information content (AvgIpc) is 2.89. The Kier molecular flexibility index (Phi) is 7.05. The van der Waals surface area contributed by atoms with Crippen LogP contribution in [0.1, 0.15) is 57.2 Å². The number of aliphatic carboxylic acids is 1. The van der Waals surface area contributed by atoms with Gasteiger partial charge in [-0.3, -0.25) is 4.79 Å². The van der Waals surface area contributed by atoms with E-state index in [4.69, 9.17) is 4.99 Å². The molecule has 3 aromatic carbocycles. The van der Waals surface area contributed by atoms with E-state index >= 15 is 4.39 Å². The van der Waals surface area contributed by atoms with Crippen molar-refractivity contribution >= 4 is 28.9 Å². The number of carboxylic acids is 1. The van der Waals surface area contributed by atoms with Crippen molar-refractivity contribution in [3.8, 4) is 5.75 Å². The summed E-state index contributed by atoms with van der Waals surface area (Å²) in [7, 11) is 0. The van der Waals surface area contributed by atoms with Crippen LogP contribution < -0.4 is 9.80 Å². The van der Waals surface area contributed by atoms with Crippen LogP contribution in [-0.2, 0) is 10.2 Å². The molecule has 2 aliphatic heterocycles. The molecule has 0 amide bonds. The lowest BCUT2D eigenvalue weighted by molar-refractivity contribution is -0.137. The maximum Gasteiger partial charge on any atom is 0.305 e. The second-order valence-corrected chi connectivity index (χ2v) is 11.3. The van der Waals surface area contributed by atoms with Crippen molar-refractivity contribution in [3.63, 3.8) is 0 Å². The van der Waals surface area contributed by atoms with Gasteiger partial charge in [-0.2, -0.15) is 0 Å². The number of rotatable bonds is 5. The second-order valence-electron chi connectivity index (χ2n) is 11.3. The van der Waals surface area contributed by atoms with E-state index in [1.165, 1.54) is 18.2 Å². The third-order valence-corrected chi connectivity index (χ3v) is 7.68. The molecule has 0 saturated carbocycles. The molecule has 1 unspecified atom stereocenters. The number of nitrogens with zero attached hydrogens (tertiary/aromatic N) is 3. The largest absolute Gasteiger partial charge is 0.506 e. The second kappa shape index (κ2) is 10.3. The van der Waals surface area contributed by atoms with E-state index in [0.717, 1.165) is 11.3 Å². The van der Waals surface area contributed by atoms with E-state index in [0.29, 0.717) is 43.0 Å². The zero-order valence-electron chi connectivity index (χ0n) is 22.4. The van der Waals surface area contributed by atoms with E-state index in [2.05, 4.69) is 25.7 Å². The normalized spacial score (nSPS) is 18.1. The van der Waals surface area contributed by atoms with Gasteiger partial charge in [-0.1, -0.05) is 39.0 Å². The minimum Gasteiger partial charge on any atom is -0.506 e. The van der Waals surface area contributed by atoms with Gasteiger partial charge < -0.3 is 20.0 Å². The molecule has 0 aromatic heterocycles. The highest BCUT2D eigenvalue weighted by Crippen LogP contribution is 2.46. The summed E-state index contributed by atoms with van der Waals surface area (Å²) >= 11 is 0. The summed E-state index contributed by atoms with van der Waals surface area (Å²) in [6, 6.07) is 15.6. The van der Waals surface area contributed by atoms with Crippen LogP contribution in [0.3, 0.4) is 0 Å². The van der Waals surface area contributed by atoms with Gasteiger partial charge in [0.1, 0.15) is 28.9 Å². The van der Waals surface area contributed by atoms with E-state index in [-0.39, 0.29) is 35.0 Å². The Morgan fingerprint density at radius 1 is 1.03 bits per heavy atom. The van der Waals surface area contributed by atoms with Crippen molar-refractivity contribution in [2.24, 2.45) is 10.9 Å². The summed E-state index contributed by atoms with van der Waals surface area (Å²) in [4.78, 5) is 20.9. The molecule has 2 heterocycles. The molecule has 0 radical (unpaired) electrons. The smallest absolute Gasteiger partial charge is 0.305 e. The Labute approximate surface area is 227 Å². The SMILES string of the molecule is CC(C)(C)c1ccc(O)c(N2C(C3CCN(c4ccc(F)cc4)CC3)=Nc3c(F)cccc3C2CC(=O)O)c1. The number of phenols is 1. The van der Waals surface area contributed by atoms with Crippen LogP contribution in [0.5, 0.6) is 5.75 Å². The Balaban J connectivity index is 1.59. The number of halogens is 2. The fourth-order valence-corrected chi connectivity index (χ4v) is 5.56. The van der Waals surface area contributed by atoms with Gasteiger partial charge in [0.2, 0.25) is 0 Å². The van der Waals surface area contributed by atoms with Crippen molar-refractivity contribution in [1.29, 1.82) is 0 Å². The number of fused-ring (bicyclic) bond motifs is 1. The zero-order valence-corrected chi connectivity index (χ0v) is 22.4. The summed E-state index contributed by atoms with van der Waals surface area (Å²) < 4.78 is 28.6. The monoisotopic (exact) mass is 533 g/mol. The molecular weight excluding hydrogens is 500 g/mol. The molecule has 1 fully saturated rings. The topological polar surface area (TPSA) is 76.4 Å². The third-order valence-electron chi connectivity index (χ3n) is 7.68. The van der Waals surface area contributed by atoms with Gasteiger partial charge in [-0.15, -0.1) is 0 Å². The number of anilines is 2. The van der Waals surface area contributed by atoms with Crippen LogP contribution in [-0.4, -0.2) is 35.1 Å². The lowest BCUT2D eigenvalue weighted by atomic mass is 9.85. The predicted molar refractivity (Wildman–Crippen MR) is 149 cm³/mol. The third kappa shape index (κ3) is 5.33. The van der Waals surface area contributed by atoms with Crippen molar-refractivity contribution < 1.29 is 23.8 Å². The molecule has 2 aliphatic rings. The molecule has 3 aromatic rings. The van der Waals surface area contributed by atoms with Crippen LogP contribution >= 0.6 is 0 Å². The highest BCUT2D eigenvalue weighted by atomic mass is 19.1. The molecule has 5 rings (SSSR count). The summed E-state index contributed by atoms with van der Waals surface area (Å²) in [5.41, 5.74) is 2.77. The van der Waals surface area contributed by atoms with E-state index in [1.54, 1.807) is 30.3 Å². The number of piperidine rings is 1. The molecule has 0 aliphatic carbocycles. The van der Waals surface area contributed by atoms with Gasteiger partial charge in [-0.05, 0) is 66.3 Å². The minimum absolute atomic E-state index is 0.00897. The number of hydrogen-bond donors (Lipinski definition) is 2.